The van der Waals surface area contributed by atoms with Crippen molar-refractivity contribution in [3.8, 4) is 0 Å². The highest BCUT2D eigenvalue weighted by Gasteiger charge is 2.56. The molecule has 2 saturated carbocycles. The van der Waals surface area contributed by atoms with Crippen LogP contribution in [0.25, 0.3) is 0 Å². The molecule has 2 aromatic carbocycles. The second-order valence-electron chi connectivity index (χ2n) is 9.56. The Hall–Kier alpha value is -3.02. The lowest BCUT2D eigenvalue weighted by molar-refractivity contribution is 0.0915. The van der Waals surface area contributed by atoms with Crippen LogP contribution in [0.2, 0.25) is 0 Å². The van der Waals surface area contributed by atoms with Crippen LogP contribution in [-0.4, -0.2) is 17.0 Å². The molecule has 0 aliphatic heterocycles. The van der Waals surface area contributed by atoms with Crippen LogP contribution >= 0.6 is 0 Å². The van der Waals surface area contributed by atoms with Crippen molar-refractivity contribution in [1.82, 2.24) is 0 Å². The van der Waals surface area contributed by atoms with Gasteiger partial charge in [-0.2, -0.15) is 15.3 Å². The van der Waals surface area contributed by atoms with Gasteiger partial charge < -0.3 is 11.7 Å². The predicted molar refractivity (Wildman–Crippen MR) is 123 cm³/mol. The summed E-state index contributed by atoms with van der Waals surface area (Å²) in [5, 5.41) is 12.5. The van der Waals surface area contributed by atoms with E-state index in [0.717, 1.165) is 56.4 Å². The highest BCUT2D eigenvalue weighted by atomic mass is 15.2. The standard InChI is InChI=1S/C25H30N6/c26-29-21-16-24(22(23(21)30-27)17-6-2-1-3-7-17)10-12-25(31-28,13-11-24)20-14-18-8-4-5-9-19(18)15-20/h1-9,20,22,28H,10-16,26-27H2. The Bertz CT molecular complexity index is 1010. The minimum atomic E-state index is -0.284. The third kappa shape index (κ3) is 3.08. The van der Waals surface area contributed by atoms with Crippen molar-refractivity contribution in [2.75, 3.05) is 0 Å². The number of hydrogen-bond acceptors (Lipinski definition) is 6. The lowest BCUT2D eigenvalue weighted by Crippen LogP contribution is -2.44. The first kappa shape index (κ1) is 19.9. The number of fused-ring (bicyclic) bond motifs is 1. The molecule has 0 bridgehead atoms. The number of nitrogens with zero attached hydrogens (tertiary/aromatic N) is 3. The summed E-state index contributed by atoms with van der Waals surface area (Å²) >= 11 is 0. The van der Waals surface area contributed by atoms with Crippen LogP contribution in [0.3, 0.4) is 0 Å². The van der Waals surface area contributed by atoms with E-state index in [4.69, 9.17) is 17.2 Å². The minimum absolute atomic E-state index is 0.0165. The maximum absolute atomic E-state index is 8.18. The van der Waals surface area contributed by atoms with E-state index in [1.807, 2.05) is 6.07 Å². The summed E-state index contributed by atoms with van der Waals surface area (Å²) in [6.07, 6.45) is 6.61. The SMILES string of the molecule is N=NC1(C2Cc3ccccc3C2)CCC2(CC1)CC(=NN)C(=NN)C2c1ccccc1. The molecule has 1 unspecified atom stereocenters. The van der Waals surface area contributed by atoms with Crippen molar-refractivity contribution in [2.45, 2.75) is 56.4 Å². The number of nitrogens with two attached hydrogens (primary N) is 2. The first-order valence-electron chi connectivity index (χ1n) is 11.2. The first-order valence-corrected chi connectivity index (χ1v) is 11.2. The smallest absolute Gasteiger partial charge is 0.0913 e. The van der Waals surface area contributed by atoms with Crippen LogP contribution in [0, 0.1) is 16.9 Å². The molecule has 1 atom stereocenters. The van der Waals surface area contributed by atoms with E-state index >= 15 is 0 Å². The molecule has 6 nitrogen and oxygen atoms in total. The molecule has 1 spiro atoms. The van der Waals surface area contributed by atoms with Gasteiger partial charge in [-0.3, -0.25) is 0 Å². The fourth-order valence-electron chi connectivity index (χ4n) is 6.60. The van der Waals surface area contributed by atoms with Gasteiger partial charge in [-0.1, -0.05) is 54.6 Å². The lowest BCUT2D eigenvalue weighted by atomic mass is 9.58. The van der Waals surface area contributed by atoms with Crippen LogP contribution in [0.5, 0.6) is 0 Å². The molecule has 0 amide bonds. The third-order valence-corrected chi connectivity index (χ3v) is 8.27. The molecule has 0 saturated heterocycles. The third-order valence-electron chi connectivity index (χ3n) is 8.27. The van der Waals surface area contributed by atoms with Crippen LogP contribution in [0.4, 0.5) is 0 Å². The van der Waals surface area contributed by atoms with E-state index < -0.39 is 0 Å². The highest BCUT2D eigenvalue weighted by Crippen LogP contribution is 2.59. The Morgan fingerprint density at radius 3 is 1.97 bits per heavy atom. The molecule has 3 aliphatic carbocycles. The predicted octanol–water partition coefficient (Wildman–Crippen LogP) is 4.55. The van der Waals surface area contributed by atoms with E-state index in [-0.39, 0.29) is 16.9 Å². The van der Waals surface area contributed by atoms with Crippen LogP contribution in [-0.2, 0) is 12.8 Å². The van der Waals surface area contributed by atoms with Gasteiger partial charge in [-0.15, -0.1) is 0 Å². The number of hydrazone groups is 2. The van der Waals surface area contributed by atoms with Gasteiger partial charge in [0.15, 0.2) is 0 Å². The summed E-state index contributed by atoms with van der Waals surface area (Å²) in [7, 11) is 0. The Labute approximate surface area is 183 Å². The summed E-state index contributed by atoms with van der Waals surface area (Å²) in [6, 6.07) is 19.2. The molecule has 2 fully saturated rings. The van der Waals surface area contributed by atoms with Gasteiger partial charge in [-0.05, 0) is 73.0 Å². The van der Waals surface area contributed by atoms with Crippen LogP contribution < -0.4 is 11.7 Å². The number of hydrogen-bond donors (Lipinski definition) is 3. The molecular formula is C25H30N6. The normalized spacial score (nSPS) is 33.2. The Balaban J connectivity index is 1.45. The van der Waals surface area contributed by atoms with Crippen LogP contribution in [0.15, 0.2) is 69.9 Å². The molecule has 0 heterocycles. The van der Waals surface area contributed by atoms with Crippen molar-refractivity contribution in [3.05, 3.63) is 71.3 Å². The number of rotatable bonds is 3. The van der Waals surface area contributed by atoms with Crippen molar-refractivity contribution < 1.29 is 0 Å². The zero-order valence-electron chi connectivity index (χ0n) is 17.8. The fourth-order valence-corrected chi connectivity index (χ4v) is 6.60. The van der Waals surface area contributed by atoms with Gasteiger partial charge in [-0.25, -0.2) is 5.53 Å². The van der Waals surface area contributed by atoms with Crippen molar-refractivity contribution in [2.24, 2.45) is 38.3 Å². The minimum Gasteiger partial charge on any atom is -0.323 e. The summed E-state index contributed by atoms with van der Waals surface area (Å²) in [5.74, 6) is 12.1. The zero-order valence-corrected chi connectivity index (χ0v) is 17.8. The van der Waals surface area contributed by atoms with Crippen molar-refractivity contribution in [3.63, 3.8) is 0 Å². The highest BCUT2D eigenvalue weighted by molar-refractivity contribution is 6.46. The van der Waals surface area contributed by atoms with Crippen LogP contribution in [0.1, 0.15) is 54.7 Å². The zero-order chi connectivity index (χ0) is 21.5. The average Bonchev–Trinajstić information content (AvgIpc) is 3.40. The molecular weight excluding hydrogens is 384 g/mol. The monoisotopic (exact) mass is 414 g/mol. The quantitative estimate of drug-likeness (QED) is 0.389. The van der Waals surface area contributed by atoms with Gasteiger partial charge in [0, 0.05) is 5.92 Å². The molecule has 5 N–H and O–H groups in total. The molecule has 5 rings (SSSR count). The Morgan fingerprint density at radius 1 is 0.806 bits per heavy atom. The van der Waals surface area contributed by atoms with E-state index in [2.05, 4.69) is 63.8 Å². The Morgan fingerprint density at radius 2 is 1.42 bits per heavy atom. The molecule has 0 aromatic heterocycles. The van der Waals surface area contributed by atoms with Crippen molar-refractivity contribution in [1.29, 1.82) is 5.53 Å². The maximum Gasteiger partial charge on any atom is 0.0913 e. The van der Waals surface area contributed by atoms with E-state index in [1.54, 1.807) is 0 Å². The molecule has 31 heavy (non-hydrogen) atoms. The summed E-state index contributed by atoms with van der Waals surface area (Å²) in [4.78, 5) is 0. The molecule has 6 heteroatoms. The summed E-state index contributed by atoms with van der Waals surface area (Å²) in [5.41, 5.74) is 13.6. The average molecular weight is 415 g/mol. The maximum atomic E-state index is 8.18. The number of nitrogens with one attached hydrogen (secondary N) is 1. The second-order valence-corrected chi connectivity index (χ2v) is 9.56. The van der Waals surface area contributed by atoms with Gasteiger partial charge >= 0.3 is 0 Å². The van der Waals surface area contributed by atoms with Gasteiger partial charge in [0.25, 0.3) is 0 Å². The molecule has 0 radical (unpaired) electrons. The molecule has 160 valence electrons. The lowest BCUT2D eigenvalue weighted by Gasteiger charge is -2.47. The summed E-state index contributed by atoms with van der Waals surface area (Å²) < 4.78 is 0. The largest absolute Gasteiger partial charge is 0.323 e. The molecule has 2 aromatic rings. The first-order chi connectivity index (χ1) is 15.1. The van der Waals surface area contributed by atoms with E-state index in [0.29, 0.717) is 5.92 Å². The topological polar surface area (TPSA) is 113 Å². The number of benzene rings is 2. The summed E-state index contributed by atoms with van der Waals surface area (Å²) in [6.45, 7) is 0. The van der Waals surface area contributed by atoms with E-state index in [1.165, 1.54) is 16.7 Å². The fraction of sp³-hybridized carbons (Fsp3) is 0.440. The molecule has 3 aliphatic rings. The second kappa shape index (κ2) is 7.59. The van der Waals surface area contributed by atoms with Gasteiger partial charge in [0.05, 0.1) is 17.0 Å². The van der Waals surface area contributed by atoms with Crippen molar-refractivity contribution >= 4 is 11.4 Å². The van der Waals surface area contributed by atoms with Gasteiger partial charge in [0.2, 0.25) is 0 Å². The van der Waals surface area contributed by atoms with E-state index in [9.17, 15) is 0 Å². The Kier molecular flexibility index (Phi) is 4.88. The van der Waals surface area contributed by atoms with Gasteiger partial charge in [0.1, 0.15) is 0 Å².